The van der Waals surface area contributed by atoms with E-state index in [-0.39, 0.29) is 11.9 Å². The molecule has 2 aromatic rings. The molecule has 2 rings (SSSR count). The molecule has 0 aliphatic rings. The molecule has 18 heavy (non-hydrogen) atoms. The van der Waals surface area contributed by atoms with Gasteiger partial charge in [0, 0.05) is 12.5 Å². The van der Waals surface area contributed by atoms with Gasteiger partial charge in [-0.25, -0.2) is 4.39 Å². The van der Waals surface area contributed by atoms with Crippen molar-refractivity contribution < 1.29 is 4.39 Å². The van der Waals surface area contributed by atoms with Gasteiger partial charge in [0.15, 0.2) is 5.82 Å². The van der Waals surface area contributed by atoms with Crippen molar-refractivity contribution in [3.05, 3.63) is 41.5 Å². The minimum Gasteiger partial charge on any atom is -0.316 e. The van der Waals surface area contributed by atoms with E-state index in [4.69, 9.17) is 0 Å². The van der Waals surface area contributed by atoms with E-state index in [0.717, 1.165) is 0 Å². The molecule has 1 N–H and O–H groups in total. The lowest BCUT2D eigenvalue weighted by atomic mass is 10.0. The minimum atomic E-state index is -0.176. The lowest BCUT2D eigenvalue weighted by Crippen LogP contribution is -2.30. The Bertz CT molecular complexity index is 511. The average molecular weight is 249 g/mol. The van der Waals surface area contributed by atoms with Crippen molar-refractivity contribution in [3.8, 4) is 0 Å². The van der Waals surface area contributed by atoms with E-state index in [1.165, 1.54) is 10.9 Å². The number of aromatic nitrogens is 4. The molecule has 0 aliphatic heterocycles. The first kappa shape index (κ1) is 12.6. The topological polar surface area (TPSA) is 55.6 Å². The first-order chi connectivity index (χ1) is 8.69. The smallest absolute Gasteiger partial charge is 0.176 e. The Morgan fingerprint density at radius 1 is 1.33 bits per heavy atom. The first-order valence-electron chi connectivity index (χ1n) is 5.82. The Kier molecular flexibility index (Phi) is 3.99. The number of nitrogens with zero attached hydrogens (tertiary/aromatic N) is 4. The minimum absolute atomic E-state index is 0.0890. The van der Waals surface area contributed by atoms with Crippen LogP contribution >= 0.6 is 0 Å². The van der Waals surface area contributed by atoms with Gasteiger partial charge in [-0.2, -0.15) is 4.80 Å². The second-order valence-corrected chi connectivity index (χ2v) is 4.18. The molecule has 1 aromatic heterocycles. The normalized spacial score (nSPS) is 12.6. The van der Waals surface area contributed by atoms with Crippen LogP contribution in [0.15, 0.2) is 24.3 Å². The zero-order valence-electron chi connectivity index (χ0n) is 10.5. The van der Waals surface area contributed by atoms with Crippen LogP contribution in [0.2, 0.25) is 0 Å². The van der Waals surface area contributed by atoms with Gasteiger partial charge in [0.05, 0.1) is 7.05 Å². The van der Waals surface area contributed by atoms with Gasteiger partial charge >= 0.3 is 0 Å². The zero-order valence-corrected chi connectivity index (χ0v) is 10.5. The van der Waals surface area contributed by atoms with Crippen molar-refractivity contribution in [2.45, 2.75) is 18.9 Å². The standard InChI is InChI=1S/C12H16FN5/c1-14-10(8-12-15-17-18(2)16-12)7-9-5-3-4-6-11(9)13/h3-6,10,14H,7-8H2,1-2H3. The van der Waals surface area contributed by atoms with Crippen molar-refractivity contribution in [1.29, 1.82) is 0 Å². The second kappa shape index (κ2) is 5.68. The quantitative estimate of drug-likeness (QED) is 0.848. The van der Waals surface area contributed by atoms with E-state index in [1.807, 2.05) is 13.1 Å². The molecule has 1 aromatic carbocycles. The number of tetrazole rings is 1. The highest BCUT2D eigenvalue weighted by Crippen LogP contribution is 2.10. The molecule has 6 heteroatoms. The molecule has 0 bridgehead atoms. The van der Waals surface area contributed by atoms with Crippen LogP contribution in [0.25, 0.3) is 0 Å². The number of nitrogens with one attached hydrogen (secondary N) is 1. The molecular weight excluding hydrogens is 233 g/mol. The van der Waals surface area contributed by atoms with Crippen LogP contribution in [0.3, 0.4) is 0 Å². The molecule has 5 nitrogen and oxygen atoms in total. The Morgan fingerprint density at radius 3 is 2.72 bits per heavy atom. The third kappa shape index (κ3) is 3.10. The van der Waals surface area contributed by atoms with Gasteiger partial charge in [-0.3, -0.25) is 0 Å². The number of hydrogen-bond donors (Lipinski definition) is 1. The summed E-state index contributed by atoms with van der Waals surface area (Å²) >= 11 is 0. The summed E-state index contributed by atoms with van der Waals surface area (Å²) in [5, 5.41) is 15.0. The number of hydrogen-bond acceptors (Lipinski definition) is 4. The largest absolute Gasteiger partial charge is 0.316 e. The highest BCUT2D eigenvalue weighted by atomic mass is 19.1. The molecule has 0 aliphatic carbocycles. The van der Waals surface area contributed by atoms with Gasteiger partial charge in [0.1, 0.15) is 5.82 Å². The fraction of sp³-hybridized carbons (Fsp3) is 0.417. The van der Waals surface area contributed by atoms with Gasteiger partial charge in [-0.05, 0) is 30.3 Å². The zero-order chi connectivity index (χ0) is 13.0. The van der Waals surface area contributed by atoms with Gasteiger partial charge in [0.25, 0.3) is 0 Å². The van der Waals surface area contributed by atoms with Crippen LogP contribution in [-0.2, 0) is 19.9 Å². The summed E-state index contributed by atoms with van der Waals surface area (Å²) in [5.41, 5.74) is 0.695. The number of benzene rings is 1. The van der Waals surface area contributed by atoms with E-state index in [0.29, 0.717) is 24.2 Å². The van der Waals surface area contributed by atoms with Crippen LogP contribution in [0, 0.1) is 5.82 Å². The molecule has 96 valence electrons. The van der Waals surface area contributed by atoms with Crippen molar-refractivity contribution in [2.24, 2.45) is 7.05 Å². The Balaban J connectivity index is 2.04. The van der Waals surface area contributed by atoms with Crippen LogP contribution in [0.5, 0.6) is 0 Å². The molecule has 1 atom stereocenters. The highest BCUT2D eigenvalue weighted by molar-refractivity contribution is 5.18. The lowest BCUT2D eigenvalue weighted by Gasteiger charge is -2.14. The van der Waals surface area contributed by atoms with Crippen LogP contribution in [0.1, 0.15) is 11.4 Å². The number of aryl methyl sites for hydroxylation is 1. The Morgan fingerprint density at radius 2 is 2.11 bits per heavy atom. The van der Waals surface area contributed by atoms with E-state index in [1.54, 1.807) is 19.2 Å². The predicted molar refractivity (Wildman–Crippen MR) is 65.5 cm³/mol. The van der Waals surface area contributed by atoms with Crippen LogP contribution in [0.4, 0.5) is 4.39 Å². The molecular formula is C12H16FN5. The summed E-state index contributed by atoms with van der Waals surface area (Å²) in [5.74, 6) is 0.484. The molecule has 0 radical (unpaired) electrons. The molecule has 1 unspecified atom stereocenters. The molecule has 0 amide bonds. The van der Waals surface area contributed by atoms with Crippen LogP contribution in [-0.4, -0.2) is 33.3 Å². The maximum Gasteiger partial charge on any atom is 0.176 e. The van der Waals surface area contributed by atoms with Crippen molar-refractivity contribution in [3.63, 3.8) is 0 Å². The second-order valence-electron chi connectivity index (χ2n) is 4.18. The van der Waals surface area contributed by atoms with E-state index in [2.05, 4.69) is 20.7 Å². The summed E-state index contributed by atoms with van der Waals surface area (Å²) in [6, 6.07) is 6.89. The average Bonchev–Trinajstić information content (AvgIpc) is 2.76. The van der Waals surface area contributed by atoms with E-state index < -0.39 is 0 Å². The molecule has 0 saturated carbocycles. The summed E-state index contributed by atoms with van der Waals surface area (Å²) in [7, 11) is 3.57. The molecule has 0 saturated heterocycles. The van der Waals surface area contributed by atoms with E-state index in [9.17, 15) is 4.39 Å². The van der Waals surface area contributed by atoms with Crippen molar-refractivity contribution in [2.75, 3.05) is 7.05 Å². The number of rotatable bonds is 5. The maximum atomic E-state index is 13.6. The van der Waals surface area contributed by atoms with Gasteiger partial charge in [-0.1, -0.05) is 18.2 Å². The Hall–Kier alpha value is -1.82. The van der Waals surface area contributed by atoms with Gasteiger partial charge in [-0.15, -0.1) is 10.2 Å². The third-order valence-corrected chi connectivity index (χ3v) is 2.81. The number of halogens is 1. The third-order valence-electron chi connectivity index (χ3n) is 2.81. The van der Waals surface area contributed by atoms with Gasteiger partial charge < -0.3 is 5.32 Å². The SMILES string of the molecule is CNC(Cc1nnn(C)n1)Cc1ccccc1F. The summed E-state index contributed by atoms with van der Waals surface area (Å²) in [6.45, 7) is 0. The van der Waals surface area contributed by atoms with Crippen LogP contribution < -0.4 is 5.32 Å². The maximum absolute atomic E-state index is 13.6. The Labute approximate surface area is 105 Å². The fourth-order valence-corrected chi connectivity index (χ4v) is 1.83. The summed E-state index contributed by atoms with van der Waals surface area (Å²) in [4.78, 5) is 1.42. The van der Waals surface area contributed by atoms with Crippen molar-refractivity contribution in [1.82, 2.24) is 25.5 Å². The highest BCUT2D eigenvalue weighted by Gasteiger charge is 2.13. The fourth-order valence-electron chi connectivity index (χ4n) is 1.83. The number of likely N-dealkylation sites (N-methyl/N-ethyl adjacent to an activating group) is 1. The molecule has 0 spiro atoms. The molecule has 1 heterocycles. The summed E-state index contributed by atoms with van der Waals surface area (Å²) < 4.78 is 13.6. The predicted octanol–water partition coefficient (Wildman–Crippen LogP) is 0.722. The monoisotopic (exact) mass is 249 g/mol. The lowest BCUT2D eigenvalue weighted by molar-refractivity contribution is 0.521. The van der Waals surface area contributed by atoms with Crippen molar-refractivity contribution >= 4 is 0 Å². The van der Waals surface area contributed by atoms with Gasteiger partial charge in [0.2, 0.25) is 0 Å². The van der Waals surface area contributed by atoms with E-state index >= 15 is 0 Å². The molecule has 0 fully saturated rings. The first-order valence-corrected chi connectivity index (χ1v) is 5.82. The summed E-state index contributed by atoms with van der Waals surface area (Å²) in [6.07, 6.45) is 1.22.